The van der Waals surface area contributed by atoms with Crippen LogP contribution in [0.15, 0.2) is 6.33 Å². The van der Waals surface area contributed by atoms with Gasteiger partial charge in [0.2, 0.25) is 0 Å². The van der Waals surface area contributed by atoms with Crippen molar-refractivity contribution in [3.63, 3.8) is 0 Å². The molecular weight excluding hydrogens is 278 g/mol. The number of nitrogens with zero attached hydrogens (tertiary/aromatic N) is 2. The molecule has 0 aromatic carbocycles. The topological polar surface area (TPSA) is 56.3 Å². The van der Waals surface area contributed by atoms with Crippen LogP contribution in [0, 0.1) is 0 Å². The van der Waals surface area contributed by atoms with E-state index in [1.807, 2.05) is 0 Å². The summed E-state index contributed by atoms with van der Waals surface area (Å²) < 4.78 is 10.3. The monoisotopic (exact) mass is 301 g/mol. The molecule has 0 aliphatic heterocycles. The van der Waals surface area contributed by atoms with Gasteiger partial charge in [-0.25, -0.2) is 9.97 Å². The summed E-state index contributed by atoms with van der Waals surface area (Å²) in [4.78, 5) is 8.29. The Morgan fingerprint density at radius 1 is 1.20 bits per heavy atom. The van der Waals surface area contributed by atoms with Crippen LogP contribution in [-0.2, 0) is 15.9 Å². The molecule has 0 atom stereocenters. The van der Waals surface area contributed by atoms with E-state index in [4.69, 9.17) is 21.1 Å². The van der Waals surface area contributed by atoms with Gasteiger partial charge in [-0.2, -0.15) is 0 Å². The molecule has 1 rings (SSSR count). The standard InChI is InChI=1S/C14H24ClN3O2/c1-3-6-12-13(15)17-11-18-14(12)16-7-4-5-8-20-10-9-19-2/h11H,3-10H2,1-2H3,(H,16,17,18). The summed E-state index contributed by atoms with van der Waals surface area (Å²) in [6, 6.07) is 0. The van der Waals surface area contributed by atoms with Crippen molar-refractivity contribution in [2.24, 2.45) is 0 Å². The number of hydrogen-bond donors (Lipinski definition) is 1. The highest BCUT2D eigenvalue weighted by Gasteiger charge is 2.08. The SMILES string of the molecule is CCCc1c(Cl)ncnc1NCCCCOCCOC. The fourth-order valence-corrected chi connectivity index (χ4v) is 2.02. The third kappa shape index (κ3) is 6.50. The molecule has 0 bridgehead atoms. The van der Waals surface area contributed by atoms with Crippen LogP contribution < -0.4 is 5.32 Å². The first kappa shape index (κ1) is 17.1. The van der Waals surface area contributed by atoms with Crippen molar-refractivity contribution in [2.75, 3.05) is 38.8 Å². The maximum absolute atomic E-state index is 6.10. The van der Waals surface area contributed by atoms with Gasteiger partial charge < -0.3 is 14.8 Å². The number of ether oxygens (including phenoxy) is 2. The second-order valence-corrected chi connectivity index (χ2v) is 4.84. The molecule has 0 aliphatic rings. The number of unbranched alkanes of at least 4 members (excludes halogenated alkanes) is 1. The van der Waals surface area contributed by atoms with Crippen molar-refractivity contribution >= 4 is 17.4 Å². The van der Waals surface area contributed by atoms with Crippen LogP contribution in [-0.4, -0.2) is 43.4 Å². The summed E-state index contributed by atoms with van der Waals surface area (Å²) in [5.74, 6) is 0.854. The normalized spacial score (nSPS) is 10.8. The number of halogens is 1. The summed E-state index contributed by atoms with van der Waals surface area (Å²) in [6.45, 7) is 5.05. The Morgan fingerprint density at radius 2 is 2.05 bits per heavy atom. The zero-order chi connectivity index (χ0) is 14.6. The summed E-state index contributed by atoms with van der Waals surface area (Å²) >= 11 is 6.10. The van der Waals surface area contributed by atoms with E-state index in [1.54, 1.807) is 7.11 Å². The molecule has 1 aromatic rings. The lowest BCUT2D eigenvalue weighted by Crippen LogP contribution is -2.09. The molecular formula is C14H24ClN3O2. The Labute approximate surface area is 126 Å². The highest BCUT2D eigenvalue weighted by molar-refractivity contribution is 6.30. The Balaban J connectivity index is 2.23. The van der Waals surface area contributed by atoms with Crippen LogP contribution in [0.3, 0.4) is 0 Å². The minimum atomic E-state index is 0.548. The summed E-state index contributed by atoms with van der Waals surface area (Å²) in [5.41, 5.74) is 1.01. The average molecular weight is 302 g/mol. The van der Waals surface area contributed by atoms with Crippen molar-refractivity contribution in [3.05, 3.63) is 17.0 Å². The van der Waals surface area contributed by atoms with Gasteiger partial charge in [-0.05, 0) is 19.3 Å². The zero-order valence-electron chi connectivity index (χ0n) is 12.3. The first-order chi connectivity index (χ1) is 9.79. The van der Waals surface area contributed by atoms with Crippen molar-refractivity contribution < 1.29 is 9.47 Å². The van der Waals surface area contributed by atoms with Gasteiger partial charge in [0.25, 0.3) is 0 Å². The largest absolute Gasteiger partial charge is 0.382 e. The van der Waals surface area contributed by atoms with E-state index in [0.717, 1.165) is 50.2 Å². The first-order valence-electron chi connectivity index (χ1n) is 7.09. The second kappa shape index (κ2) is 10.8. The maximum atomic E-state index is 6.10. The lowest BCUT2D eigenvalue weighted by molar-refractivity contribution is 0.0691. The zero-order valence-corrected chi connectivity index (χ0v) is 13.1. The number of anilines is 1. The molecule has 0 fully saturated rings. The van der Waals surface area contributed by atoms with Gasteiger partial charge >= 0.3 is 0 Å². The lowest BCUT2D eigenvalue weighted by atomic mass is 10.2. The molecule has 0 saturated heterocycles. The van der Waals surface area contributed by atoms with Gasteiger partial charge in [-0.3, -0.25) is 0 Å². The predicted molar refractivity (Wildman–Crippen MR) is 81.5 cm³/mol. The van der Waals surface area contributed by atoms with Crippen molar-refractivity contribution in [3.8, 4) is 0 Å². The highest BCUT2D eigenvalue weighted by atomic mass is 35.5. The molecule has 0 spiro atoms. The molecule has 1 N–H and O–H groups in total. The van der Waals surface area contributed by atoms with Crippen molar-refractivity contribution in [1.82, 2.24) is 9.97 Å². The minimum Gasteiger partial charge on any atom is -0.382 e. The van der Waals surface area contributed by atoms with E-state index in [0.29, 0.717) is 18.4 Å². The van der Waals surface area contributed by atoms with Crippen LogP contribution in [0.1, 0.15) is 31.7 Å². The van der Waals surface area contributed by atoms with E-state index < -0.39 is 0 Å². The predicted octanol–water partition coefficient (Wildman–Crippen LogP) is 2.94. The summed E-state index contributed by atoms with van der Waals surface area (Å²) in [6.07, 6.45) is 5.45. The smallest absolute Gasteiger partial charge is 0.137 e. The molecule has 0 radical (unpaired) electrons. The number of nitrogens with one attached hydrogen (secondary N) is 1. The molecule has 114 valence electrons. The third-order valence-electron chi connectivity index (χ3n) is 2.83. The number of rotatable bonds is 11. The van der Waals surface area contributed by atoms with Crippen LogP contribution in [0.2, 0.25) is 5.15 Å². The molecule has 1 heterocycles. The van der Waals surface area contributed by atoms with E-state index in [-0.39, 0.29) is 0 Å². The van der Waals surface area contributed by atoms with Crippen molar-refractivity contribution in [1.29, 1.82) is 0 Å². The van der Waals surface area contributed by atoms with Gasteiger partial charge in [0.1, 0.15) is 17.3 Å². The molecule has 0 saturated carbocycles. The Kier molecular flexibility index (Phi) is 9.28. The fraction of sp³-hybridized carbons (Fsp3) is 0.714. The quantitative estimate of drug-likeness (QED) is 0.503. The lowest BCUT2D eigenvalue weighted by Gasteiger charge is -2.11. The molecule has 0 unspecified atom stereocenters. The fourth-order valence-electron chi connectivity index (χ4n) is 1.79. The van der Waals surface area contributed by atoms with Gasteiger partial charge in [0.05, 0.1) is 13.2 Å². The Morgan fingerprint density at radius 3 is 2.80 bits per heavy atom. The first-order valence-corrected chi connectivity index (χ1v) is 7.47. The van der Waals surface area contributed by atoms with Gasteiger partial charge in [0, 0.05) is 25.8 Å². The Bertz CT molecular complexity index is 377. The molecule has 0 amide bonds. The average Bonchev–Trinajstić information content (AvgIpc) is 2.45. The van der Waals surface area contributed by atoms with Crippen LogP contribution in [0.5, 0.6) is 0 Å². The molecule has 20 heavy (non-hydrogen) atoms. The Hall–Kier alpha value is -0.910. The van der Waals surface area contributed by atoms with Crippen molar-refractivity contribution in [2.45, 2.75) is 32.6 Å². The van der Waals surface area contributed by atoms with E-state index in [9.17, 15) is 0 Å². The summed E-state index contributed by atoms with van der Waals surface area (Å²) in [5, 5.41) is 3.87. The third-order valence-corrected chi connectivity index (χ3v) is 3.16. The van der Waals surface area contributed by atoms with Gasteiger partial charge in [0.15, 0.2) is 0 Å². The maximum Gasteiger partial charge on any atom is 0.137 e. The van der Waals surface area contributed by atoms with Crippen LogP contribution in [0.25, 0.3) is 0 Å². The number of methoxy groups -OCH3 is 1. The second-order valence-electron chi connectivity index (χ2n) is 4.48. The molecule has 6 heteroatoms. The van der Waals surface area contributed by atoms with E-state index in [1.165, 1.54) is 6.33 Å². The minimum absolute atomic E-state index is 0.548. The summed E-state index contributed by atoms with van der Waals surface area (Å²) in [7, 11) is 1.67. The van der Waals surface area contributed by atoms with Crippen LogP contribution >= 0.6 is 11.6 Å². The molecule has 5 nitrogen and oxygen atoms in total. The van der Waals surface area contributed by atoms with Gasteiger partial charge in [-0.1, -0.05) is 24.9 Å². The number of hydrogen-bond acceptors (Lipinski definition) is 5. The highest BCUT2D eigenvalue weighted by Crippen LogP contribution is 2.21. The number of aromatic nitrogens is 2. The van der Waals surface area contributed by atoms with Crippen LogP contribution in [0.4, 0.5) is 5.82 Å². The van der Waals surface area contributed by atoms with E-state index in [2.05, 4.69) is 22.2 Å². The molecule has 0 aliphatic carbocycles. The van der Waals surface area contributed by atoms with E-state index >= 15 is 0 Å². The van der Waals surface area contributed by atoms with Gasteiger partial charge in [-0.15, -0.1) is 0 Å². The molecule has 1 aromatic heterocycles.